The van der Waals surface area contributed by atoms with Gasteiger partial charge in [-0.2, -0.15) is 0 Å². The molecule has 1 aliphatic heterocycles. The molecule has 0 fully saturated rings. The van der Waals surface area contributed by atoms with Gasteiger partial charge in [0.2, 0.25) is 5.91 Å². The van der Waals surface area contributed by atoms with Gasteiger partial charge in [-0.05, 0) is 60.2 Å². The Morgan fingerprint density at radius 2 is 1.67 bits per heavy atom. The van der Waals surface area contributed by atoms with Gasteiger partial charge in [0.25, 0.3) is 5.91 Å². The minimum Gasteiger partial charge on any atom is -0.382 e. The molecule has 3 aromatic rings. The number of carbonyl (C=O) groups excluding carboxylic acids is 2. The number of aliphatic imine (C=N–C) groups is 1. The Morgan fingerprint density at radius 3 is 2.40 bits per heavy atom. The fraction of sp³-hybridized carbons (Fsp3) is 0.353. The van der Waals surface area contributed by atoms with Crippen LogP contribution in [0.2, 0.25) is 0 Å². The number of anilines is 1. The molecule has 1 aliphatic rings. The molecule has 4 rings (SSSR count). The van der Waals surface area contributed by atoms with E-state index in [-0.39, 0.29) is 11.8 Å². The van der Waals surface area contributed by atoms with Crippen LogP contribution in [0.15, 0.2) is 75.6 Å². The summed E-state index contributed by atoms with van der Waals surface area (Å²) in [6.45, 7) is 4.15. The predicted octanol–water partition coefficient (Wildman–Crippen LogP) is 4.36. The molecule has 10 nitrogen and oxygen atoms in total. The van der Waals surface area contributed by atoms with Crippen molar-refractivity contribution in [3.8, 4) is 11.8 Å². The van der Waals surface area contributed by atoms with Crippen molar-refractivity contribution in [2.75, 3.05) is 65.7 Å². The van der Waals surface area contributed by atoms with Crippen molar-refractivity contribution in [3.05, 3.63) is 83.2 Å². The summed E-state index contributed by atoms with van der Waals surface area (Å²) in [7, 11) is 3.26. The Hall–Kier alpha value is -4.05. The molecule has 0 unspecified atom stereocenters. The highest BCUT2D eigenvalue weighted by Crippen LogP contribution is 2.33. The highest BCUT2D eigenvalue weighted by atomic mass is 32.2. The Bertz CT molecular complexity index is 1520. The first-order chi connectivity index (χ1) is 22.1. The Kier molecular flexibility index (Phi) is 14.1. The third-order valence-corrected chi connectivity index (χ3v) is 7.62. The van der Waals surface area contributed by atoms with E-state index < -0.39 is 0 Å². The van der Waals surface area contributed by atoms with Crippen LogP contribution < -0.4 is 10.6 Å². The van der Waals surface area contributed by atoms with Crippen molar-refractivity contribution in [2.45, 2.75) is 29.2 Å². The average molecular weight is 631 g/mol. The molecule has 0 spiro atoms. The van der Waals surface area contributed by atoms with Gasteiger partial charge in [0.05, 0.1) is 63.6 Å². The quantitative estimate of drug-likeness (QED) is 0.167. The maximum atomic E-state index is 12.3. The predicted molar refractivity (Wildman–Crippen MR) is 174 cm³/mol. The fourth-order valence-electron chi connectivity index (χ4n) is 4.26. The van der Waals surface area contributed by atoms with Crippen LogP contribution >= 0.6 is 11.8 Å². The number of carbonyl (C=O) groups is 2. The molecular formula is C34H38N4O6S. The summed E-state index contributed by atoms with van der Waals surface area (Å²) in [5.74, 6) is 6.00. The van der Waals surface area contributed by atoms with Gasteiger partial charge >= 0.3 is 0 Å². The lowest BCUT2D eigenvalue weighted by molar-refractivity contribution is -0.116. The molecule has 236 valence electrons. The van der Waals surface area contributed by atoms with Crippen LogP contribution in [0, 0.1) is 11.8 Å². The van der Waals surface area contributed by atoms with E-state index in [1.54, 1.807) is 44.2 Å². The fourth-order valence-corrected chi connectivity index (χ4v) is 5.27. The van der Waals surface area contributed by atoms with Gasteiger partial charge in [-0.3, -0.25) is 14.6 Å². The molecule has 2 N–H and O–H groups in total. The van der Waals surface area contributed by atoms with Gasteiger partial charge in [-0.1, -0.05) is 30.0 Å². The van der Waals surface area contributed by atoms with Gasteiger partial charge in [-0.15, -0.1) is 0 Å². The second-order valence-electron chi connectivity index (χ2n) is 9.82. The Morgan fingerprint density at radius 1 is 0.911 bits per heavy atom. The molecule has 0 bridgehead atoms. The van der Waals surface area contributed by atoms with Gasteiger partial charge in [-0.25, -0.2) is 4.98 Å². The lowest BCUT2D eigenvalue weighted by Gasteiger charge is -2.09. The molecule has 2 aromatic carbocycles. The molecule has 2 amide bonds. The number of ether oxygens (including phenoxy) is 4. The summed E-state index contributed by atoms with van der Waals surface area (Å²) < 4.78 is 21.2. The van der Waals surface area contributed by atoms with Crippen molar-refractivity contribution in [1.29, 1.82) is 0 Å². The number of nitrogens with one attached hydrogen (secondary N) is 2. The van der Waals surface area contributed by atoms with Crippen LogP contribution in [0.4, 0.5) is 5.69 Å². The maximum Gasteiger partial charge on any atom is 0.252 e. The van der Waals surface area contributed by atoms with Crippen LogP contribution in [0.3, 0.4) is 0 Å². The van der Waals surface area contributed by atoms with E-state index in [0.717, 1.165) is 20.9 Å². The van der Waals surface area contributed by atoms with Crippen LogP contribution in [-0.4, -0.2) is 82.9 Å². The van der Waals surface area contributed by atoms with E-state index in [9.17, 15) is 9.59 Å². The second-order valence-corrected chi connectivity index (χ2v) is 10.9. The minimum absolute atomic E-state index is 0.102. The summed E-state index contributed by atoms with van der Waals surface area (Å²) in [5, 5.41) is 5.55. The smallest absolute Gasteiger partial charge is 0.252 e. The average Bonchev–Trinajstić information content (AvgIpc) is 3.47. The van der Waals surface area contributed by atoms with E-state index in [2.05, 4.69) is 38.5 Å². The largest absolute Gasteiger partial charge is 0.382 e. The first-order valence-corrected chi connectivity index (χ1v) is 15.6. The van der Waals surface area contributed by atoms with Gasteiger partial charge in [0.1, 0.15) is 11.4 Å². The van der Waals surface area contributed by atoms with Gasteiger partial charge < -0.3 is 29.6 Å². The zero-order chi connectivity index (χ0) is 31.7. The number of pyridine rings is 1. The lowest BCUT2D eigenvalue weighted by atomic mass is 10.1. The zero-order valence-corrected chi connectivity index (χ0v) is 26.4. The molecule has 0 atom stereocenters. The van der Waals surface area contributed by atoms with E-state index in [4.69, 9.17) is 18.9 Å². The molecule has 0 saturated heterocycles. The lowest BCUT2D eigenvalue weighted by Crippen LogP contribution is -2.18. The number of hydrogen-bond donors (Lipinski definition) is 2. The van der Waals surface area contributed by atoms with Crippen LogP contribution in [0.25, 0.3) is 0 Å². The summed E-state index contributed by atoms with van der Waals surface area (Å²) >= 11 is 1.55. The summed E-state index contributed by atoms with van der Waals surface area (Å²) in [5.41, 5.74) is 4.64. The van der Waals surface area contributed by atoms with E-state index in [0.29, 0.717) is 88.3 Å². The molecule has 2 heterocycles. The summed E-state index contributed by atoms with van der Waals surface area (Å²) in [6.07, 6.45) is 2.55. The molecule has 0 aliphatic carbocycles. The molecular weight excluding hydrogens is 592 g/mol. The van der Waals surface area contributed by atoms with Crippen molar-refractivity contribution in [3.63, 3.8) is 0 Å². The SMILES string of the molecule is CNC(=O)c1ccccc1Sc1ccc2c(c1)CN=C2C#Cc1ccc(NC(=O)CCCOCCOCCOCCOC)cn1. The number of methoxy groups -OCH3 is 1. The summed E-state index contributed by atoms with van der Waals surface area (Å²) in [6, 6.07) is 17.2. The number of nitrogens with zero attached hydrogens (tertiary/aromatic N) is 2. The number of rotatable bonds is 17. The second kappa shape index (κ2) is 18.7. The van der Waals surface area contributed by atoms with E-state index in [1.165, 1.54) is 0 Å². The number of aromatic nitrogens is 1. The number of amides is 2. The first kappa shape index (κ1) is 33.8. The van der Waals surface area contributed by atoms with Crippen molar-refractivity contribution in [2.24, 2.45) is 4.99 Å². The molecule has 45 heavy (non-hydrogen) atoms. The monoisotopic (exact) mass is 630 g/mol. The highest BCUT2D eigenvalue weighted by Gasteiger charge is 2.16. The van der Waals surface area contributed by atoms with Gasteiger partial charge in [0.15, 0.2) is 0 Å². The molecule has 1 aromatic heterocycles. The third kappa shape index (κ3) is 11.1. The molecule has 0 radical (unpaired) electrons. The summed E-state index contributed by atoms with van der Waals surface area (Å²) in [4.78, 5) is 35.4. The van der Waals surface area contributed by atoms with Crippen molar-refractivity contribution in [1.82, 2.24) is 10.3 Å². The minimum atomic E-state index is -0.111. The first-order valence-electron chi connectivity index (χ1n) is 14.7. The third-order valence-electron chi connectivity index (χ3n) is 6.55. The van der Waals surface area contributed by atoms with Crippen molar-refractivity contribution >= 4 is 35.0 Å². The maximum absolute atomic E-state index is 12.3. The highest BCUT2D eigenvalue weighted by molar-refractivity contribution is 7.99. The zero-order valence-electron chi connectivity index (χ0n) is 25.6. The molecule has 0 saturated carbocycles. The van der Waals surface area contributed by atoms with Crippen LogP contribution in [0.1, 0.15) is 40.0 Å². The van der Waals surface area contributed by atoms with Crippen LogP contribution in [-0.2, 0) is 30.3 Å². The Labute approximate surface area is 268 Å². The normalized spacial score (nSPS) is 11.7. The van der Waals surface area contributed by atoms with Gasteiger partial charge in [0, 0.05) is 42.5 Å². The van der Waals surface area contributed by atoms with Crippen LogP contribution in [0.5, 0.6) is 0 Å². The number of fused-ring (bicyclic) bond motifs is 1. The molecule has 11 heteroatoms. The topological polar surface area (TPSA) is 120 Å². The van der Waals surface area contributed by atoms with Crippen molar-refractivity contribution < 1.29 is 28.5 Å². The van der Waals surface area contributed by atoms with E-state index >= 15 is 0 Å². The Balaban J connectivity index is 1.17. The van der Waals surface area contributed by atoms with E-state index in [1.807, 2.05) is 36.4 Å². The number of benzene rings is 2. The number of hydrogen-bond acceptors (Lipinski definition) is 9. The standard InChI is InChI=1S/C34H38N4O6S/c1-35-34(40)30-6-3-4-7-32(30)45-28-12-13-29-25(22-28)23-37-31(29)14-11-26-9-10-27(24-36-26)38-33(39)8-5-15-42-18-19-44-21-20-43-17-16-41-2/h3-4,6-7,9-10,12-13,22,24H,5,8,15-21,23H2,1-2H3,(H,35,40)(H,38,39).